The number of benzene rings is 6. The van der Waals surface area contributed by atoms with Crippen molar-refractivity contribution in [1.29, 1.82) is 0 Å². The van der Waals surface area contributed by atoms with Crippen molar-refractivity contribution in [3.8, 4) is 0 Å². The highest BCUT2D eigenvalue weighted by Gasteiger charge is 2.28. The van der Waals surface area contributed by atoms with Crippen molar-refractivity contribution in [3.63, 3.8) is 0 Å². The number of hydrazine groups is 1. The standard InChI is InChI=1S/C15H15NOS.C14H12N2S.C13H12S/c16-14(17)11-18-15(12-7-3-1-4-8-12)13-9-5-2-6-10-13;1-3-7-11(8-4-1)13(17-14-15-16-14)12-9-5-2-6-10-12;14-13(11-7-3-1-4-8-11)12-9-5-2-6-10-12/h1-10,15H,11H2,(H2,16,17);1-10,13H,(H,15,16);1-10,13-14H/p+1. The van der Waals surface area contributed by atoms with E-state index in [0.717, 1.165) is 5.17 Å². The van der Waals surface area contributed by atoms with Gasteiger partial charge in [0.15, 0.2) is 0 Å². The third kappa shape index (κ3) is 11.8. The highest BCUT2D eigenvalue weighted by atomic mass is 32.2. The second-order valence-electron chi connectivity index (χ2n) is 11.1. The van der Waals surface area contributed by atoms with Gasteiger partial charge in [-0.2, -0.15) is 12.6 Å². The number of amides is 1. The number of amidine groups is 1. The molecule has 0 aliphatic carbocycles. The van der Waals surface area contributed by atoms with Gasteiger partial charge in [-0.15, -0.1) is 11.8 Å². The normalized spacial score (nSPS) is 11.4. The minimum absolute atomic E-state index is 0.153. The minimum Gasteiger partial charge on any atom is -0.369 e. The lowest BCUT2D eigenvalue weighted by Gasteiger charge is -2.16. The highest BCUT2D eigenvalue weighted by molar-refractivity contribution is 8.14. The number of primary amides is 1. The van der Waals surface area contributed by atoms with E-state index >= 15 is 0 Å². The number of carbonyl (C=O) groups excluding carboxylic acids is 1. The second kappa shape index (κ2) is 19.3. The largest absolute Gasteiger partial charge is 0.385 e. The van der Waals surface area contributed by atoms with Gasteiger partial charge in [0.05, 0.1) is 21.5 Å². The molecule has 246 valence electrons. The molecule has 0 saturated heterocycles. The zero-order chi connectivity index (χ0) is 34.1. The Morgan fingerprint density at radius 1 is 0.531 bits per heavy atom. The Bertz CT molecular complexity index is 1730. The van der Waals surface area contributed by atoms with Crippen LogP contribution in [0.4, 0.5) is 0 Å². The summed E-state index contributed by atoms with van der Waals surface area (Å²) >= 11 is 7.98. The monoisotopic (exact) mass is 698 g/mol. The van der Waals surface area contributed by atoms with Gasteiger partial charge in [0, 0.05) is 0 Å². The van der Waals surface area contributed by atoms with E-state index in [0.29, 0.717) is 11.0 Å². The van der Waals surface area contributed by atoms with Crippen molar-refractivity contribution < 1.29 is 9.90 Å². The lowest BCUT2D eigenvalue weighted by Crippen LogP contribution is -2.52. The molecule has 0 saturated carbocycles. The molecule has 1 amide bonds. The molecular formula is C42H40N3OS3+. The van der Waals surface area contributed by atoms with E-state index < -0.39 is 0 Å². The Labute approximate surface area is 303 Å². The van der Waals surface area contributed by atoms with Crippen molar-refractivity contribution in [2.75, 3.05) is 5.75 Å². The van der Waals surface area contributed by atoms with Gasteiger partial charge in [-0.1, -0.05) is 193 Å². The summed E-state index contributed by atoms with van der Waals surface area (Å²) in [6, 6.07) is 62.1. The molecule has 1 aliphatic heterocycles. The Morgan fingerprint density at radius 3 is 1.10 bits per heavy atom. The smallest absolute Gasteiger partial charge is 0.369 e. The molecule has 0 bridgehead atoms. The van der Waals surface area contributed by atoms with Crippen molar-refractivity contribution in [1.82, 2.24) is 5.43 Å². The van der Waals surface area contributed by atoms with Crippen LogP contribution in [0.2, 0.25) is 0 Å². The number of carbonyl (C=O) groups is 1. The fourth-order valence-corrected chi connectivity index (χ4v) is 7.42. The first-order chi connectivity index (χ1) is 24.1. The first kappa shape index (κ1) is 35.6. The molecule has 1 heterocycles. The van der Waals surface area contributed by atoms with Crippen molar-refractivity contribution >= 4 is 47.2 Å². The average Bonchev–Trinajstić information content (AvgIpc) is 4.01. The molecule has 0 atom stereocenters. The number of nitrogens with two attached hydrogens (primary N) is 1. The van der Waals surface area contributed by atoms with Gasteiger partial charge >= 0.3 is 5.17 Å². The summed E-state index contributed by atoms with van der Waals surface area (Å²) in [6.45, 7) is 0. The third-order valence-electron chi connectivity index (χ3n) is 7.49. The van der Waals surface area contributed by atoms with E-state index in [9.17, 15) is 4.79 Å². The Hall–Kier alpha value is -4.69. The van der Waals surface area contributed by atoms with Crippen LogP contribution in [0.1, 0.15) is 49.1 Å². The number of hydrogen-bond donors (Lipinski definition) is 4. The first-order valence-corrected chi connectivity index (χ1v) is 18.5. The molecule has 0 unspecified atom stereocenters. The predicted octanol–water partition coefficient (Wildman–Crippen LogP) is 8.16. The molecule has 0 fully saturated rings. The molecule has 1 aliphatic rings. The molecule has 49 heavy (non-hydrogen) atoms. The van der Waals surface area contributed by atoms with Crippen LogP contribution in [0.3, 0.4) is 0 Å². The number of thioether (sulfide) groups is 2. The first-order valence-electron chi connectivity index (χ1n) is 16.0. The van der Waals surface area contributed by atoms with E-state index in [1.807, 2.05) is 84.6 Å². The molecule has 4 nitrogen and oxygen atoms in total. The van der Waals surface area contributed by atoms with Crippen LogP contribution in [0, 0.1) is 0 Å². The van der Waals surface area contributed by atoms with Crippen LogP contribution >= 0.6 is 36.2 Å². The second-order valence-corrected chi connectivity index (χ2v) is 13.8. The Morgan fingerprint density at radius 2 is 0.816 bits per heavy atom. The topological polar surface area (TPSA) is 79.0 Å². The van der Waals surface area contributed by atoms with Crippen LogP contribution in [0.5, 0.6) is 0 Å². The summed E-state index contributed by atoms with van der Waals surface area (Å²) in [5.41, 5.74) is 15.8. The third-order valence-corrected chi connectivity index (χ3v) is 10.6. The van der Waals surface area contributed by atoms with Crippen molar-refractivity contribution in [2.24, 2.45) is 5.73 Å². The summed E-state index contributed by atoms with van der Waals surface area (Å²) in [5.74, 6) is 0.0471. The van der Waals surface area contributed by atoms with Gasteiger partial charge in [-0.05, 0) is 45.1 Å². The quantitative estimate of drug-likeness (QED) is 0.109. The fourth-order valence-electron chi connectivity index (χ4n) is 5.06. The predicted molar refractivity (Wildman–Crippen MR) is 212 cm³/mol. The summed E-state index contributed by atoms with van der Waals surface area (Å²) in [7, 11) is 0. The van der Waals surface area contributed by atoms with E-state index in [2.05, 4.69) is 132 Å². The van der Waals surface area contributed by atoms with Crippen molar-refractivity contribution in [3.05, 3.63) is 215 Å². The van der Waals surface area contributed by atoms with Gasteiger partial charge in [0.1, 0.15) is 0 Å². The number of nitrogens with one attached hydrogen (secondary N) is 2. The van der Waals surface area contributed by atoms with E-state index in [-0.39, 0.29) is 16.4 Å². The molecule has 0 spiro atoms. The zero-order valence-electron chi connectivity index (χ0n) is 27.0. The summed E-state index contributed by atoms with van der Waals surface area (Å²) in [6.07, 6.45) is 0. The van der Waals surface area contributed by atoms with Crippen LogP contribution in [-0.2, 0) is 4.79 Å². The van der Waals surface area contributed by atoms with E-state index in [4.69, 9.17) is 5.73 Å². The SMILES string of the molecule is NC(=O)CSC(c1ccccc1)c1ccccc1.SC(c1ccccc1)c1ccccc1.c1ccc(C(SC2=[NH+]N2)c2ccccc2)cc1. The number of rotatable bonds is 10. The summed E-state index contributed by atoms with van der Waals surface area (Å²) < 4.78 is 0. The number of hydrogen-bond acceptors (Lipinski definition) is 5. The van der Waals surface area contributed by atoms with Gasteiger partial charge in [-0.3, -0.25) is 4.79 Å². The number of hydrazone groups is 1. The maximum Gasteiger partial charge on any atom is 0.385 e. The molecule has 7 heteroatoms. The summed E-state index contributed by atoms with van der Waals surface area (Å²) in [5, 5.41) is 4.85. The molecule has 0 aromatic heterocycles. The Kier molecular flexibility index (Phi) is 14.1. The lowest BCUT2D eigenvalue weighted by atomic mass is 10.0. The van der Waals surface area contributed by atoms with E-state index in [1.54, 1.807) is 11.8 Å². The minimum atomic E-state index is -0.281. The summed E-state index contributed by atoms with van der Waals surface area (Å²) in [4.78, 5) is 11.0. The molecule has 0 radical (unpaired) electrons. The van der Waals surface area contributed by atoms with E-state index in [1.165, 1.54) is 33.4 Å². The maximum absolute atomic E-state index is 11.0. The average molecular weight is 699 g/mol. The van der Waals surface area contributed by atoms with Gasteiger partial charge in [0.2, 0.25) is 5.91 Å². The van der Waals surface area contributed by atoms with Gasteiger partial charge in [-0.25, -0.2) is 0 Å². The van der Waals surface area contributed by atoms with Crippen LogP contribution in [0.25, 0.3) is 0 Å². The highest BCUT2D eigenvalue weighted by Crippen LogP contribution is 2.36. The van der Waals surface area contributed by atoms with Crippen molar-refractivity contribution in [2.45, 2.75) is 15.7 Å². The molecular weight excluding hydrogens is 659 g/mol. The van der Waals surface area contributed by atoms with Gasteiger partial charge < -0.3 is 5.73 Å². The van der Waals surface area contributed by atoms with Crippen LogP contribution < -0.4 is 16.3 Å². The molecule has 6 aromatic rings. The van der Waals surface area contributed by atoms with Crippen LogP contribution in [-0.4, -0.2) is 16.8 Å². The van der Waals surface area contributed by atoms with Gasteiger partial charge in [0.25, 0.3) is 0 Å². The van der Waals surface area contributed by atoms with Crippen LogP contribution in [0.15, 0.2) is 182 Å². The Balaban J connectivity index is 0.000000144. The zero-order valence-corrected chi connectivity index (χ0v) is 29.5. The number of thiol groups is 1. The molecule has 6 aromatic carbocycles. The molecule has 7 rings (SSSR count). The molecule has 4 N–H and O–H groups in total. The lowest BCUT2D eigenvalue weighted by molar-refractivity contribution is -0.408. The fraction of sp³-hybridized carbons (Fsp3) is 0.0952. The maximum atomic E-state index is 11.0.